The third-order valence-electron chi connectivity index (χ3n) is 9.96. The molecule has 284 valence electrons. The van der Waals surface area contributed by atoms with Gasteiger partial charge in [-0.2, -0.15) is 0 Å². The third kappa shape index (κ3) is 10.3. The molecular formula is C44H51N3O7. The summed E-state index contributed by atoms with van der Waals surface area (Å²) in [6.45, 7) is 8.65. The van der Waals surface area contributed by atoms with E-state index in [1.807, 2.05) is 45.0 Å². The molecule has 1 saturated carbocycles. The fourth-order valence-corrected chi connectivity index (χ4v) is 6.86. The summed E-state index contributed by atoms with van der Waals surface area (Å²) in [4.78, 5) is 41.1. The number of carbonyl (C=O) groups is 3. The summed E-state index contributed by atoms with van der Waals surface area (Å²) in [5.74, 6) is -0.215. The lowest BCUT2D eigenvalue weighted by Gasteiger charge is -2.36. The summed E-state index contributed by atoms with van der Waals surface area (Å²) in [5, 5.41) is 18.0. The summed E-state index contributed by atoms with van der Waals surface area (Å²) in [7, 11) is 0. The van der Waals surface area contributed by atoms with Crippen molar-refractivity contribution in [2.45, 2.75) is 82.9 Å². The fraction of sp³-hybridized carbons (Fsp3) is 0.386. The number of likely N-dealkylation sites (tertiary alicyclic amines) is 1. The predicted octanol–water partition coefficient (Wildman–Crippen LogP) is 6.74. The van der Waals surface area contributed by atoms with Gasteiger partial charge in [0.2, 0.25) is 5.60 Å². The molecule has 1 aliphatic heterocycles. The minimum absolute atomic E-state index is 0.0251. The molecule has 1 aliphatic carbocycles. The van der Waals surface area contributed by atoms with Crippen molar-refractivity contribution < 1.29 is 33.7 Å². The highest BCUT2D eigenvalue weighted by Crippen LogP contribution is 2.34. The topological polar surface area (TPSA) is 126 Å². The van der Waals surface area contributed by atoms with Gasteiger partial charge in [-0.3, -0.25) is 9.69 Å². The van der Waals surface area contributed by atoms with Crippen LogP contribution < -0.4 is 15.4 Å². The second-order valence-electron chi connectivity index (χ2n) is 15.4. The maximum atomic E-state index is 13.8. The van der Waals surface area contributed by atoms with E-state index in [4.69, 9.17) is 14.2 Å². The van der Waals surface area contributed by atoms with E-state index in [0.29, 0.717) is 35.3 Å². The molecule has 0 aromatic heterocycles. The first kappa shape index (κ1) is 38.5. The largest absolute Gasteiger partial charge is 0.489 e. The average Bonchev–Trinajstić information content (AvgIpc) is 3.15. The number of aliphatic hydroxyl groups is 1. The van der Waals surface area contributed by atoms with Crippen LogP contribution in [-0.4, -0.2) is 65.4 Å². The Morgan fingerprint density at radius 2 is 1.39 bits per heavy atom. The molecule has 4 aromatic rings. The number of rotatable bonds is 13. The Morgan fingerprint density at radius 3 is 2.06 bits per heavy atom. The van der Waals surface area contributed by atoms with E-state index in [9.17, 15) is 19.5 Å². The number of ether oxygens (including phenoxy) is 3. The summed E-state index contributed by atoms with van der Waals surface area (Å²) in [6, 6.07) is 33.3. The molecule has 4 aromatic carbocycles. The molecule has 10 heteroatoms. The number of piperidine rings is 1. The van der Waals surface area contributed by atoms with Gasteiger partial charge in [0.25, 0.3) is 5.91 Å². The Morgan fingerprint density at radius 1 is 0.759 bits per heavy atom. The van der Waals surface area contributed by atoms with E-state index in [2.05, 4.69) is 39.8 Å². The molecule has 3 N–H and O–H groups in total. The van der Waals surface area contributed by atoms with Gasteiger partial charge in [0.05, 0.1) is 6.61 Å². The lowest BCUT2D eigenvalue weighted by Crippen LogP contribution is -2.54. The number of nitrogens with one attached hydrogen (secondary N) is 2. The lowest BCUT2D eigenvalue weighted by molar-refractivity contribution is -0.164. The van der Waals surface area contributed by atoms with Crippen LogP contribution in [0.5, 0.6) is 5.75 Å². The summed E-state index contributed by atoms with van der Waals surface area (Å²) in [5.41, 5.74) is 0.818. The number of esters is 1. The first-order valence-corrected chi connectivity index (χ1v) is 18.8. The van der Waals surface area contributed by atoms with Crippen LogP contribution >= 0.6 is 0 Å². The molecule has 1 atom stereocenters. The molecule has 0 spiro atoms. The van der Waals surface area contributed by atoms with Crippen molar-refractivity contribution in [3.05, 3.63) is 137 Å². The van der Waals surface area contributed by atoms with Crippen molar-refractivity contribution in [1.29, 1.82) is 0 Å². The van der Waals surface area contributed by atoms with Gasteiger partial charge >= 0.3 is 12.1 Å². The summed E-state index contributed by atoms with van der Waals surface area (Å²) < 4.78 is 17.3. The molecule has 0 bridgehead atoms. The number of alkyl carbamates (subject to hydrolysis) is 1. The molecular weight excluding hydrogens is 682 g/mol. The van der Waals surface area contributed by atoms with E-state index >= 15 is 0 Å². The minimum Gasteiger partial charge on any atom is -0.489 e. The average molecular weight is 734 g/mol. The Hall–Kier alpha value is -5.19. The van der Waals surface area contributed by atoms with Crippen LogP contribution in [0.1, 0.15) is 79.1 Å². The maximum Gasteiger partial charge on any atom is 0.407 e. The van der Waals surface area contributed by atoms with Crippen molar-refractivity contribution in [2.75, 3.05) is 19.7 Å². The number of nitrogens with zero attached hydrogens (tertiary/aromatic N) is 1. The van der Waals surface area contributed by atoms with Crippen molar-refractivity contribution in [2.24, 2.45) is 5.92 Å². The number of benzene rings is 4. The molecule has 2 aliphatic rings. The normalized spacial score (nSPS) is 18.7. The molecule has 6 rings (SSSR count). The molecule has 10 nitrogen and oxygen atoms in total. The SMILES string of the molecule is CC(C)(C)OC(=O)NC1CC(NC(=O)c2ccc(COc3cccc([C@](O)(C(=O)OCC4CCN(Cc5ccccc5)CC4)c4ccccc4)c3)cc2)C1. The van der Waals surface area contributed by atoms with E-state index in [1.165, 1.54) is 5.56 Å². The van der Waals surface area contributed by atoms with Crippen LogP contribution in [0, 0.1) is 5.92 Å². The Kier molecular flexibility index (Phi) is 12.3. The lowest BCUT2D eigenvalue weighted by atomic mass is 9.86. The predicted molar refractivity (Wildman–Crippen MR) is 206 cm³/mol. The monoisotopic (exact) mass is 733 g/mol. The van der Waals surface area contributed by atoms with Crippen LogP contribution in [0.4, 0.5) is 4.79 Å². The minimum atomic E-state index is -2.03. The van der Waals surface area contributed by atoms with Gasteiger partial charge in [0.15, 0.2) is 0 Å². The summed E-state index contributed by atoms with van der Waals surface area (Å²) in [6.07, 6.45) is 2.65. The smallest absolute Gasteiger partial charge is 0.407 e. The maximum absolute atomic E-state index is 13.8. The number of amides is 2. The van der Waals surface area contributed by atoms with Crippen LogP contribution in [0.15, 0.2) is 109 Å². The van der Waals surface area contributed by atoms with Crippen molar-refractivity contribution >= 4 is 18.0 Å². The second kappa shape index (κ2) is 17.3. The van der Waals surface area contributed by atoms with Crippen LogP contribution in [0.3, 0.4) is 0 Å². The van der Waals surface area contributed by atoms with Crippen molar-refractivity contribution in [3.63, 3.8) is 0 Å². The highest BCUT2D eigenvalue weighted by Gasteiger charge is 2.42. The fourth-order valence-electron chi connectivity index (χ4n) is 6.86. The Balaban J connectivity index is 1.01. The number of hydrogen-bond acceptors (Lipinski definition) is 8. The number of hydrogen-bond donors (Lipinski definition) is 3. The number of carbonyl (C=O) groups excluding carboxylic acids is 3. The van der Waals surface area contributed by atoms with Gasteiger partial charge in [0, 0.05) is 29.8 Å². The zero-order valence-electron chi connectivity index (χ0n) is 31.3. The molecule has 2 fully saturated rings. The van der Waals surface area contributed by atoms with Crippen molar-refractivity contribution in [3.8, 4) is 5.75 Å². The highest BCUT2D eigenvalue weighted by molar-refractivity contribution is 5.94. The third-order valence-corrected chi connectivity index (χ3v) is 9.96. The van der Waals surface area contributed by atoms with Crippen molar-refractivity contribution in [1.82, 2.24) is 15.5 Å². The van der Waals surface area contributed by atoms with Gasteiger partial charge in [0.1, 0.15) is 18.0 Å². The molecule has 54 heavy (non-hydrogen) atoms. The molecule has 0 unspecified atom stereocenters. The highest BCUT2D eigenvalue weighted by atomic mass is 16.6. The van der Waals surface area contributed by atoms with Crippen LogP contribution in [-0.2, 0) is 33.0 Å². The zero-order valence-corrected chi connectivity index (χ0v) is 31.3. The quantitative estimate of drug-likeness (QED) is 0.129. The van der Waals surface area contributed by atoms with Gasteiger partial charge in [-0.25, -0.2) is 9.59 Å². The van der Waals surface area contributed by atoms with Gasteiger partial charge < -0.3 is 30.0 Å². The molecule has 2 amide bonds. The van der Waals surface area contributed by atoms with E-state index in [-0.39, 0.29) is 37.1 Å². The first-order chi connectivity index (χ1) is 25.9. The Labute approximate surface area is 317 Å². The zero-order chi connectivity index (χ0) is 38.1. The van der Waals surface area contributed by atoms with E-state index < -0.39 is 23.3 Å². The van der Waals surface area contributed by atoms with E-state index in [0.717, 1.165) is 38.0 Å². The molecule has 1 heterocycles. The van der Waals surface area contributed by atoms with Crippen LogP contribution in [0.25, 0.3) is 0 Å². The first-order valence-electron chi connectivity index (χ1n) is 18.8. The summed E-state index contributed by atoms with van der Waals surface area (Å²) >= 11 is 0. The standard InChI is InChI=1S/C44H51N3O7/c1-43(2,3)54-42(50)46-38-26-37(27-38)45-40(48)34-19-17-32(18-20-34)29-52-39-16-10-15-36(25-39)44(51,35-13-8-5-9-14-35)41(49)53-30-33-21-23-47(24-22-33)28-31-11-6-4-7-12-31/h4-20,25,33,37-38,51H,21-24,26-30H2,1-3H3,(H,45,48)(H,46,50)/t37?,38?,44-/m0/s1. The van der Waals surface area contributed by atoms with E-state index in [1.54, 1.807) is 60.7 Å². The molecule has 0 radical (unpaired) electrons. The van der Waals surface area contributed by atoms with Gasteiger partial charge in [-0.15, -0.1) is 0 Å². The van der Waals surface area contributed by atoms with Gasteiger partial charge in [-0.1, -0.05) is 84.9 Å². The van der Waals surface area contributed by atoms with Gasteiger partial charge in [-0.05, 0) is 106 Å². The second-order valence-corrected chi connectivity index (χ2v) is 15.4. The van der Waals surface area contributed by atoms with Crippen LogP contribution in [0.2, 0.25) is 0 Å². The molecule has 1 saturated heterocycles. The Bertz CT molecular complexity index is 1850.